The first-order valence-electron chi connectivity index (χ1n) is 1.70. The van der Waals surface area contributed by atoms with E-state index < -0.39 is 8.32 Å². The molecular formula is C3H9LiOSi. The summed E-state index contributed by atoms with van der Waals surface area (Å²) in [5.41, 5.74) is 0. The van der Waals surface area contributed by atoms with Crippen LogP contribution in [0.15, 0.2) is 0 Å². The Morgan fingerprint density at radius 2 is 1.17 bits per heavy atom. The van der Waals surface area contributed by atoms with Gasteiger partial charge >= 0.3 is 18.9 Å². The predicted octanol–water partition coefficient (Wildman–Crippen LogP) is -2.81. The molecule has 3 heteroatoms. The van der Waals surface area contributed by atoms with Gasteiger partial charge in [-0.05, 0) is 0 Å². The van der Waals surface area contributed by atoms with E-state index in [2.05, 4.69) is 0 Å². The Labute approximate surface area is 52.1 Å². The molecule has 0 N–H and O–H groups in total. The van der Waals surface area contributed by atoms with Crippen LogP contribution in [-0.2, 0) is 0 Å². The normalized spacial score (nSPS) is 10.0. The Morgan fingerprint density at radius 3 is 1.17 bits per heavy atom. The second kappa shape index (κ2) is 2.87. The van der Waals surface area contributed by atoms with Crippen LogP contribution < -0.4 is 23.7 Å². The van der Waals surface area contributed by atoms with Crippen LogP contribution >= 0.6 is 0 Å². The Kier molecular flexibility index (Phi) is 4.74. The van der Waals surface area contributed by atoms with E-state index in [1.165, 1.54) is 0 Å². The maximum absolute atomic E-state index is 10.2. The topological polar surface area (TPSA) is 23.1 Å². The summed E-state index contributed by atoms with van der Waals surface area (Å²) in [6.07, 6.45) is 0. The Bertz CT molecular complexity index is 26.3. The minimum atomic E-state index is -1.86. The third kappa shape index (κ3) is 113. The van der Waals surface area contributed by atoms with Crippen LogP contribution in [0.3, 0.4) is 0 Å². The molecule has 0 rings (SSSR count). The van der Waals surface area contributed by atoms with Crippen molar-refractivity contribution >= 4 is 8.32 Å². The minimum Gasteiger partial charge on any atom is -0.859 e. The zero-order valence-electron chi connectivity index (χ0n) is 4.91. The molecule has 6 heavy (non-hydrogen) atoms. The molecule has 0 radical (unpaired) electrons. The van der Waals surface area contributed by atoms with Gasteiger partial charge in [0.05, 0.1) is 0 Å². The molecule has 0 aliphatic carbocycles. The molecule has 0 heterocycles. The molecule has 0 amide bonds. The molecule has 0 saturated heterocycles. The van der Waals surface area contributed by atoms with Crippen molar-refractivity contribution < 1.29 is 23.7 Å². The van der Waals surface area contributed by atoms with Crippen LogP contribution in [0.5, 0.6) is 0 Å². The fourth-order valence-corrected chi connectivity index (χ4v) is 0. The van der Waals surface area contributed by atoms with E-state index in [9.17, 15) is 4.80 Å². The molecule has 0 aromatic heterocycles. The SMILES string of the molecule is C[Si](C)(C)[O-].[Li+]. The first-order chi connectivity index (χ1) is 2.00. The molecule has 0 aliphatic heterocycles. The summed E-state index contributed by atoms with van der Waals surface area (Å²) in [7, 11) is -1.86. The summed E-state index contributed by atoms with van der Waals surface area (Å²) in [6, 6.07) is 0. The van der Waals surface area contributed by atoms with Crippen molar-refractivity contribution in [1.82, 2.24) is 0 Å². The van der Waals surface area contributed by atoms with Gasteiger partial charge in [0.25, 0.3) is 0 Å². The molecule has 0 atom stereocenters. The molecule has 0 aromatic carbocycles. The van der Waals surface area contributed by atoms with Crippen LogP contribution in [-0.4, -0.2) is 8.32 Å². The van der Waals surface area contributed by atoms with Crippen molar-refractivity contribution in [2.75, 3.05) is 0 Å². The van der Waals surface area contributed by atoms with E-state index >= 15 is 0 Å². The van der Waals surface area contributed by atoms with E-state index in [-0.39, 0.29) is 18.9 Å². The summed E-state index contributed by atoms with van der Waals surface area (Å²) >= 11 is 0. The van der Waals surface area contributed by atoms with E-state index in [0.717, 1.165) is 0 Å². The quantitative estimate of drug-likeness (QED) is 0.298. The Morgan fingerprint density at radius 1 is 1.17 bits per heavy atom. The molecule has 0 aromatic rings. The summed E-state index contributed by atoms with van der Waals surface area (Å²) in [5, 5.41) is 0. The maximum atomic E-state index is 10.2. The van der Waals surface area contributed by atoms with Gasteiger partial charge in [-0.15, -0.1) is 0 Å². The Balaban J connectivity index is 0. The van der Waals surface area contributed by atoms with Gasteiger partial charge in [0, 0.05) is 0 Å². The number of rotatable bonds is 0. The first kappa shape index (κ1) is 9.91. The average molecular weight is 96.1 g/mol. The van der Waals surface area contributed by atoms with Gasteiger partial charge in [-0.3, -0.25) is 0 Å². The largest absolute Gasteiger partial charge is 1.00 e. The molecule has 0 unspecified atom stereocenters. The molecule has 0 bridgehead atoms. The smallest absolute Gasteiger partial charge is 0.859 e. The minimum absolute atomic E-state index is 0. The van der Waals surface area contributed by atoms with Crippen LogP contribution in [0, 0.1) is 0 Å². The van der Waals surface area contributed by atoms with Gasteiger partial charge in [0.2, 0.25) is 0 Å². The number of hydrogen-bond acceptors (Lipinski definition) is 1. The zero-order valence-corrected chi connectivity index (χ0v) is 5.91. The maximum Gasteiger partial charge on any atom is 1.00 e. The molecule has 0 saturated carbocycles. The fraction of sp³-hybridized carbons (Fsp3) is 1.00. The van der Waals surface area contributed by atoms with Gasteiger partial charge in [0.15, 0.2) is 0 Å². The summed E-state index contributed by atoms with van der Waals surface area (Å²) < 4.78 is 0. The zero-order chi connectivity index (χ0) is 4.50. The van der Waals surface area contributed by atoms with Crippen molar-refractivity contribution in [2.45, 2.75) is 19.6 Å². The molecule has 0 aliphatic rings. The van der Waals surface area contributed by atoms with Crippen molar-refractivity contribution in [3.8, 4) is 0 Å². The van der Waals surface area contributed by atoms with Crippen LogP contribution in [0.2, 0.25) is 19.6 Å². The van der Waals surface area contributed by atoms with E-state index in [4.69, 9.17) is 0 Å². The average Bonchev–Trinajstić information content (AvgIpc) is 0.722. The van der Waals surface area contributed by atoms with Crippen LogP contribution in [0.4, 0.5) is 0 Å². The van der Waals surface area contributed by atoms with Gasteiger partial charge in [0.1, 0.15) is 0 Å². The molecule has 0 fully saturated rings. The van der Waals surface area contributed by atoms with Crippen molar-refractivity contribution in [2.24, 2.45) is 0 Å². The van der Waals surface area contributed by atoms with Crippen molar-refractivity contribution in [3.63, 3.8) is 0 Å². The molecule has 32 valence electrons. The van der Waals surface area contributed by atoms with Crippen LogP contribution in [0.1, 0.15) is 0 Å². The Hall–Kier alpha value is 0.774. The van der Waals surface area contributed by atoms with Gasteiger partial charge in [-0.1, -0.05) is 28.0 Å². The van der Waals surface area contributed by atoms with Crippen molar-refractivity contribution in [1.29, 1.82) is 0 Å². The molecule has 0 spiro atoms. The van der Waals surface area contributed by atoms with Gasteiger partial charge < -0.3 is 4.80 Å². The monoisotopic (exact) mass is 96.1 g/mol. The second-order valence-corrected chi connectivity index (χ2v) is 6.34. The molecular weight excluding hydrogens is 87.1 g/mol. The van der Waals surface area contributed by atoms with Gasteiger partial charge in [-0.2, -0.15) is 0 Å². The third-order valence-corrected chi connectivity index (χ3v) is 0. The second-order valence-electron chi connectivity index (χ2n) is 2.11. The summed E-state index contributed by atoms with van der Waals surface area (Å²) in [4.78, 5) is 10.2. The number of hydrogen-bond donors (Lipinski definition) is 0. The van der Waals surface area contributed by atoms with E-state index in [1.54, 1.807) is 19.6 Å². The van der Waals surface area contributed by atoms with Crippen molar-refractivity contribution in [3.05, 3.63) is 0 Å². The summed E-state index contributed by atoms with van der Waals surface area (Å²) in [6.45, 7) is 5.31. The van der Waals surface area contributed by atoms with Crippen LogP contribution in [0.25, 0.3) is 0 Å². The van der Waals surface area contributed by atoms with E-state index in [1.807, 2.05) is 0 Å². The van der Waals surface area contributed by atoms with Gasteiger partial charge in [-0.25, -0.2) is 0 Å². The standard InChI is InChI=1S/C3H9OSi.Li/c1-5(2,3)4;/h1-3H3;/q-1;+1. The third-order valence-electron chi connectivity index (χ3n) is 0. The molecule has 1 nitrogen and oxygen atoms in total. The first-order valence-corrected chi connectivity index (χ1v) is 5.11. The van der Waals surface area contributed by atoms with E-state index in [0.29, 0.717) is 0 Å². The summed E-state index contributed by atoms with van der Waals surface area (Å²) in [5.74, 6) is 0. The fourth-order valence-electron chi connectivity index (χ4n) is 0. The predicted molar refractivity (Wildman–Crippen MR) is 23.3 cm³/mol.